The van der Waals surface area contributed by atoms with Gasteiger partial charge in [-0.3, -0.25) is 4.79 Å². The Hall–Kier alpha value is -2.04. The first-order valence-corrected chi connectivity index (χ1v) is 9.65. The van der Waals surface area contributed by atoms with E-state index >= 15 is 0 Å². The third-order valence-electron chi connectivity index (χ3n) is 5.99. The predicted octanol–water partition coefficient (Wildman–Crippen LogP) is 3.61. The Morgan fingerprint density at radius 2 is 2.04 bits per heavy atom. The summed E-state index contributed by atoms with van der Waals surface area (Å²) >= 11 is 0. The van der Waals surface area contributed by atoms with Gasteiger partial charge in [0, 0.05) is 37.8 Å². The molecule has 4 rings (SSSR count). The highest BCUT2D eigenvalue weighted by molar-refractivity contribution is 5.90. The first-order valence-electron chi connectivity index (χ1n) is 9.65. The molecule has 2 unspecified atom stereocenters. The molecule has 1 saturated carbocycles. The van der Waals surface area contributed by atoms with Gasteiger partial charge in [0.15, 0.2) is 0 Å². The normalized spacial score (nSPS) is 26.0. The quantitative estimate of drug-likeness (QED) is 0.913. The van der Waals surface area contributed by atoms with E-state index in [1.54, 1.807) is 0 Å². The molecule has 3 amide bonds. The maximum atomic E-state index is 12.7. The van der Waals surface area contributed by atoms with Crippen LogP contribution in [0.5, 0.6) is 0 Å². The number of anilines is 1. The summed E-state index contributed by atoms with van der Waals surface area (Å²) in [7, 11) is 0. The molecule has 5 nitrogen and oxygen atoms in total. The van der Waals surface area contributed by atoms with Crippen molar-refractivity contribution >= 4 is 17.6 Å². The zero-order valence-corrected chi connectivity index (χ0v) is 14.7. The number of carbonyl (C=O) groups is 2. The van der Waals surface area contributed by atoms with Gasteiger partial charge in [-0.2, -0.15) is 0 Å². The number of benzene rings is 1. The van der Waals surface area contributed by atoms with Gasteiger partial charge >= 0.3 is 6.03 Å². The Morgan fingerprint density at radius 3 is 2.92 bits per heavy atom. The fraction of sp³-hybridized carbons (Fsp3) is 0.600. The summed E-state index contributed by atoms with van der Waals surface area (Å²) in [6.07, 6.45) is 7.56. The van der Waals surface area contributed by atoms with Crippen LogP contribution in [0.4, 0.5) is 10.5 Å². The minimum absolute atomic E-state index is 0.0283. The lowest BCUT2D eigenvalue weighted by atomic mass is 10.1. The average Bonchev–Trinajstić information content (AvgIpc) is 3.20. The van der Waals surface area contributed by atoms with Gasteiger partial charge in [0.1, 0.15) is 0 Å². The van der Waals surface area contributed by atoms with E-state index in [1.165, 1.54) is 12.8 Å². The summed E-state index contributed by atoms with van der Waals surface area (Å²) in [5.74, 6) is 0.951. The number of hydrogen-bond acceptors (Lipinski definition) is 2. The molecule has 3 aliphatic rings. The molecule has 5 heteroatoms. The van der Waals surface area contributed by atoms with Crippen LogP contribution in [0, 0.1) is 5.92 Å². The molecule has 0 spiro atoms. The first-order chi connectivity index (χ1) is 12.2. The van der Waals surface area contributed by atoms with Crippen LogP contribution in [0.3, 0.4) is 0 Å². The first kappa shape index (κ1) is 16.4. The largest absolute Gasteiger partial charge is 0.338 e. The molecule has 2 atom stereocenters. The van der Waals surface area contributed by atoms with Crippen LogP contribution in [-0.2, 0) is 11.3 Å². The van der Waals surface area contributed by atoms with Gasteiger partial charge in [-0.05, 0) is 55.7 Å². The van der Waals surface area contributed by atoms with Gasteiger partial charge in [-0.15, -0.1) is 0 Å². The van der Waals surface area contributed by atoms with Crippen molar-refractivity contribution in [2.75, 3.05) is 18.4 Å². The third kappa shape index (κ3) is 3.51. The van der Waals surface area contributed by atoms with Gasteiger partial charge in [0.2, 0.25) is 5.91 Å². The number of rotatable bonds is 3. The molecule has 0 aromatic heterocycles. The van der Waals surface area contributed by atoms with Gasteiger partial charge in [-0.1, -0.05) is 18.6 Å². The molecule has 1 aliphatic carbocycles. The Bertz CT molecular complexity index is 660. The highest BCUT2D eigenvalue weighted by Crippen LogP contribution is 2.37. The van der Waals surface area contributed by atoms with Crippen LogP contribution in [0.2, 0.25) is 0 Å². The monoisotopic (exact) mass is 341 g/mol. The Balaban J connectivity index is 1.39. The van der Waals surface area contributed by atoms with Crippen molar-refractivity contribution in [3.05, 3.63) is 29.8 Å². The second-order valence-electron chi connectivity index (χ2n) is 7.64. The van der Waals surface area contributed by atoms with Crippen molar-refractivity contribution in [3.63, 3.8) is 0 Å². The maximum absolute atomic E-state index is 12.7. The predicted molar refractivity (Wildman–Crippen MR) is 97.2 cm³/mol. The fourth-order valence-electron chi connectivity index (χ4n) is 4.68. The zero-order chi connectivity index (χ0) is 17.2. The van der Waals surface area contributed by atoms with Crippen molar-refractivity contribution < 1.29 is 9.59 Å². The molecular weight excluding hydrogens is 314 g/mol. The molecule has 3 fully saturated rings. The zero-order valence-electron chi connectivity index (χ0n) is 14.7. The number of amides is 3. The van der Waals surface area contributed by atoms with E-state index in [2.05, 4.69) is 5.32 Å². The van der Waals surface area contributed by atoms with Crippen molar-refractivity contribution in [2.24, 2.45) is 5.92 Å². The summed E-state index contributed by atoms with van der Waals surface area (Å²) in [5, 5.41) is 3.07. The maximum Gasteiger partial charge on any atom is 0.322 e. The van der Waals surface area contributed by atoms with Crippen LogP contribution in [0.15, 0.2) is 24.3 Å². The summed E-state index contributed by atoms with van der Waals surface area (Å²) < 4.78 is 0. The standard InChI is InChI=1S/C20H27N3O2/c24-19-9-1-2-11-22(19)14-15-5-3-7-17(13-15)21-20(25)23-12-10-16-6-4-8-18(16)23/h3,5,7,13,16,18H,1-2,4,6,8-12,14H2,(H,21,25). The molecular formula is C20H27N3O2. The second-order valence-corrected chi connectivity index (χ2v) is 7.64. The van der Waals surface area contributed by atoms with Crippen molar-refractivity contribution in [1.29, 1.82) is 0 Å². The van der Waals surface area contributed by atoms with Crippen molar-refractivity contribution in [1.82, 2.24) is 9.80 Å². The summed E-state index contributed by atoms with van der Waals surface area (Å²) in [5.41, 5.74) is 1.90. The molecule has 134 valence electrons. The molecule has 0 radical (unpaired) electrons. The number of likely N-dealkylation sites (tertiary alicyclic amines) is 2. The molecule has 2 saturated heterocycles. The van der Waals surface area contributed by atoms with Gasteiger partial charge in [-0.25, -0.2) is 4.79 Å². The van der Waals surface area contributed by atoms with E-state index < -0.39 is 0 Å². The minimum Gasteiger partial charge on any atom is -0.338 e. The lowest BCUT2D eigenvalue weighted by Gasteiger charge is -2.27. The molecule has 1 aromatic rings. The number of hydrogen-bond donors (Lipinski definition) is 1. The number of carbonyl (C=O) groups excluding carboxylic acids is 2. The number of piperidine rings is 1. The van der Waals surface area contributed by atoms with Crippen molar-refractivity contribution in [3.8, 4) is 0 Å². The highest BCUT2D eigenvalue weighted by atomic mass is 16.2. The number of fused-ring (bicyclic) bond motifs is 1. The molecule has 2 aliphatic heterocycles. The molecule has 2 heterocycles. The third-order valence-corrected chi connectivity index (χ3v) is 5.99. The summed E-state index contributed by atoms with van der Waals surface area (Å²) in [4.78, 5) is 28.6. The van der Waals surface area contributed by atoms with Crippen LogP contribution in [0.25, 0.3) is 0 Å². The van der Waals surface area contributed by atoms with E-state index in [4.69, 9.17) is 0 Å². The van der Waals surface area contributed by atoms with Gasteiger partial charge in [0.25, 0.3) is 0 Å². The van der Waals surface area contributed by atoms with Gasteiger partial charge in [0.05, 0.1) is 0 Å². The Kier molecular flexibility index (Phi) is 4.64. The van der Waals surface area contributed by atoms with E-state index in [0.29, 0.717) is 24.9 Å². The van der Waals surface area contributed by atoms with E-state index in [1.807, 2.05) is 34.1 Å². The highest BCUT2D eigenvalue weighted by Gasteiger charge is 2.39. The SMILES string of the molecule is O=C1CCCCN1Cc1cccc(NC(=O)N2CCC3CCCC32)c1. The van der Waals surface area contributed by atoms with E-state index in [0.717, 1.165) is 50.0 Å². The lowest BCUT2D eigenvalue weighted by Crippen LogP contribution is -2.39. The van der Waals surface area contributed by atoms with Gasteiger partial charge < -0.3 is 15.1 Å². The summed E-state index contributed by atoms with van der Waals surface area (Å²) in [6, 6.07) is 8.39. The number of urea groups is 1. The Labute approximate surface area is 149 Å². The van der Waals surface area contributed by atoms with Crippen LogP contribution in [0.1, 0.15) is 50.5 Å². The molecule has 0 bridgehead atoms. The smallest absolute Gasteiger partial charge is 0.322 e. The van der Waals surface area contributed by atoms with Crippen LogP contribution < -0.4 is 5.32 Å². The van der Waals surface area contributed by atoms with E-state index in [-0.39, 0.29) is 11.9 Å². The van der Waals surface area contributed by atoms with Crippen molar-refractivity contribution in [2.45, 2.75) is 57.5 Å². The number of nitrogens with one attached hydrogen (secondary N) is 1. The second kappa shape index (κ2) is 7.06. The van der Waals surface area contributed by atoms with Crippen LogP contribution in [-0.4, -0.2) is 40.9 Å². The molecule has 1 aromatic carbocycles. The molecule has 25 heavy (non-hydrogen) atoms. The Morgan fingerprint density at radius 1 is 1.12 bits per heavy atom. The van der Waals surface area contributed by atoms with Crippen LogP contribution >= 0.6 is 0 Å². The minimum atomic E-state index is 0.0283. The molecule has 1 N–H and O–H groups in total. The fourth-order valence-corrected chi connectivity index (χ4v) is 4.68. The van der Waals surface area contributed by atoms with E-state index in [9.17, 15) is 9.59 Å². The average molecular weight is 341 g/mol. The number of nitrogens with zero attached hydrogens (tertiary/aromatic N) is 2. The summed E-state index contributed by atoms with van der Waals surface area (Å²) in [6.45, 7) is 2.35. The lowest BCUT2D eigenvalue weighted by molar-refractivity contribution is -0.133. The topological polar surface area (TPSA) is 52.7 Å².